The first-order valence-corrected chi connectivity index (χ1v) is 9.19. The lowest BCUT2D eigenvalue weighted by molar-refractivity contribution is 0.0730. The molecule has 3 rings (SSSR count). The molecule has 0 atom stereocenters. The summed E-state index contributed by atoms with van der Waals surface area (Å²) in [5, 5.41) is 0. The van der Waals surface area contributed by atoms with Gasteiger partial charge in [-0.2, -0.15) is 0 Å². The van der Waals surface area contributed by atoms with Crippen LogP contribution in [0.25, 0.3) is 0 Å². The maximum atomic E-state index is 12.6. The largest absolute Gasteiger partial charge is 0.492 e. The standard InChI is InChI=1S/C22H17BrO4/c23-18-8-11-21(26-13-12-16-4-2-1-3-5-16)20(14-18)22(25)27-19-9-6-17(15-24)7-10-19/h1-11,14-15H,12-13H2. The van der Waals surface area contributed by atoms with Gasteiger partial charge in [-0.3, -0.25) is 4.79 Å². The van der Waals surface area contributed by atoms with Gasteiger partial charge in [0, 0.05) is 16.5 Å². The number of carbonyl (C=O) groups is 2. The smallest absolute Gasteiger partial charge is 0.347 e. The topological polar surface area (TPSA) is 52.6 Å². The molecule has 0 saturated heterocycles. The van der Waals surface area contributed by atoms with Crippen LogP contribution in [0.2, 0.25) is 0 Å². The summed E-state index contributed by atoms with van der Waals surface area (Å²) in [6.45, 7) is 0.444. The molecule has 27 heavy (non-hydrogen) atoms. The number of ether oxygens (including phenoxy) is 2. The van der Waals surface area contributed by atoms with Crippen LogP contribution in [-0.2, 0) is 6.42 Å². The van der Waals surface area contributed by atoms with Crippen LogP contribution < -0.4 is 9.47 Å². The number of aldehydes is 1. The van der Waals surface area contributed by atoms with Gasteiger partial charge < -0.3 is 9.47 Å². The van der Waals surface area contributed by atoms with E-state index in [-0.39, 0.29) is 0 Å². The van der Waals surface area contributed by atoms with Crippen molar-refractivity contribution in [2.24, 2.45) is 0 Å². The van der Waals surface area contributed by atoms with Crippen molar-refractivity contribution in [1.82, 2.24) is 0 Å². The molecule has 0 amide bonds. The number of rotatable bonds is 7. The van der Waals surface area contributed by atoms with Crippen molar-refractivity contribution >= 4 is 28.2 Å². The second-order valence-corrected chi connectivity index (χ2v) is 6.72. The first-order chi connectivity index (χ1) is 13.2. The average Bonchev–Trinajstić information content (AvgIpc) is 2.70. The van der Waals surface area contributed by atoms with Gasteiger partial charge in [0.25, 0.3) is 0 Å². The van der Waals surface area contributed by atoms with Crippen LogP contribution in [0.4, 0.5) is 0 Å². The van der Waals surface area contributed by atoms with E-state index in [1.807, 2.05) is 36.4 Å². The van der Waals surface area contributed by atoms with E-state index in [2.05, 4.69) is 15.9 Å². The molecule has 136 valence electrons. The number of carbonyl (C=O) groups excluding carboxylic acids is 2. The maximum Gasteiger partial charge on any atom is 0.347 e. The van der Waals surface area contributed by atoms with Crippen molar-refractivity contribution in [3.05, 3.63) is 94.0 Å². The van der Waals surface area contributed by atoms with Crippen molar-refractivity contribution in [3.63, 3.8) is 0 Å². The summed E-state index contributed by atoms with van der Waals surface area (Å²) in [5.74, 6) is 0.300. The number of halogens is 1. The maximum absolute atomic E-state index is 12.6. The van der Waals surface area contributed by atoms with Crippen LogP contribution in [0.3, 0.4) is 0 Å². The minimum absolute atomic E-state index is 0.330. The summed E-state index contributed by atoms with van der Waals surface area (Å²) in [7, 11) is 0. The second-order valence-electron chi connectivity index (χ2n) is 5.80. The molecule has 4 nitrogen and oxygen atoms in total. The van der Waals surface area contributed by atoms with Gasteiger partial charge in [-0.1, -0.05) is 46.3 Å². The van der Waals surface area contributed by atoms with E-state index in [0.29, 0.717) is 29.2 Å². The monoisotopic (exact) mass is 424 g/mol. The number of hydrogen-bond donors (Lipinski definition) is 0. The SMILES string of the molecule is O=Cc1ccc(OC(=O)c2cc(Br)ccc2OCCc2ccccc2)cc1. The fraction of sp³-hybridized carbons (Fsp3) is 0.0909. The molecule has 5 heteroatoms. The van der Waals surface area contributed by atoms with Crippen LogP contribution >= 0.6 is 15.9 Å². The highest BCUT2D eigenvalue weighted by molar-refractivity contribution is 9.10. The first kappa shape index (κ1) is 18.9. The Morgan fingerprint density at radius 1 is 0.963 bits per heavy atom. The van der Waals surface area contributed by atoms with Crippen molar-refractivity contribution in [3.8, 4) is 11.5 Å². The molecular weight excluding hydrogens is 408 g/mol. The Morgan fingerprint density at radius 3 is 2.41 bits per heavy atom. The summed E-state index contributed by atoms with van der Waals surface area (Å²) in [6, 6.07) is 21.5. The van der Waals surface area contributed by atoms with Gasteiger partial charge in [0.15, 0.2) is 0 Å². The Bertz CT molecular complexity index is 921. The van der Waals surface area contributed by atoms with Gasteiger partial charge in [-0.15, -0.1) is 0 Å². The Balaban J connectivity index is 1.70. The zero-order chi connectivity index (χ0) is 19.1. The van der Waals surface area contributed by atoms with E-state index in [1.54, 1.807) is 36.4 Å². The molecular formula is C22H17BrO4. The fourth-order valence-corrected chi connectivity index (χ4v) is 2.85. The summed E-state index contributed by atoms with van der Waals surface area (Å²) in [5.41, 5.74) is 2.01. The number of benzene rings is 3. The number of hydrogen-bond acceptors (Lipinski definition) is 4. The third-order valence-electron chi connectivity index (χ3n) is 3.88. The summed E-state index contributed by atoms with van der Waals surface area (Å²) in [6.07, 6.45) is 1.47. The molecule has 0 aromatic heterocycles. The molecule has 0 radical (unpaired) electrons. The predicted octanol–water partition coefficient (Wildman–Crippen LogP) is 5.10. The highest BCUT2D eigenvalue weighted by Crippen LogP contribution is 2.25. The molecule has 0 aliphatic heterocycles. The van der Waals surface area contributed by atoms with Crippen molar-refractivity contribution in [1.29, 1.82) is 0 Å². The van der Waals surface area contributed by atoms with Gasteiger partial charge in [0.1, 0.15) is 23.3 Å². The third-order valence-corrected chi connectivity index (χ3v) is 4.37. The molecule has 0 bridgehead atoms. The summed E-state index contributed by atoms with van der Waals surface area (Å²) >= 11 is 3.37. The van der Waals surface area contributed by atoms with Crippen LogP contribution in [0.1, 0.15) is 26.3 Å². The molecule has 0 N–H and O–H groups in total. The molecule has 0 spiro atoms. The Kier molecular flexibility index (Phi) is 6.39. The quantitative estimate of drug-likeness (QED) is 0.300. The fourth-order valence-electron chi connectivity index (χ4n) is 2.49. The summed E-state index contributed by atoms with van der Waals surface area (Å²) in [4.78, 5) is 23.3. The Hall–Kier alpha value is -2.92. The van der Waals surface area contributed by atoms with E-state index in [9.17, 15) is 9.59 Å². The van der Waals surface area contributed by atoms with Gasteiger partial charge >= 0.3 is 5.97 Å². The molecule has 3 aromatic carbocycles. The Morgan fingerprint density at radius 2 is 1.70 bits per heavy atom. The highest BCUT2D eigenvalue weighted by atomic mass is 79.9. The third kappa shape index (κ3) is 5.28. The average molecular weight is 425 g/mol. The van der Waals surface area contributed by atoms with Crippen LogP contribution in [-0.4, -0.2) is 18.9 Å². The zero-order valence-corrected chi connectivity index (χ0v) is 16.0. The normalized spacial score (nSPS) is 10.3. The van der Waals surface area contributed by atoms with E-state index in [0.717, 1.165) is 22.7 Å². The molecule has 0 aliphatic carbocycles. The van der Waals surface area contributed by atoms with Gasteiger partial charge in [-0.05, 0) is 48.0 Å². The van der Waals surface area contributed by atoms with Gasteiger partial charge in [0.05, 0.1) is 6.61 Å². The summed E-state index contributed by atoms with van der Waals surface area (Å²) < 4.78 is 12.0. The van der Waals surface area contributed by atoms with Crippen molar-refractivity contribution in [2.45, 2.75) is 6.42 Å². The Labute approximate surface area is 165 Å². The molecule has 0 unspecified atom stereocenters. The lowest BCUT2D eigenvalue weighted by atomic mass is 10.1. The van der Waals surface area contributed by atoms with Crippen molar-refractivity contribution in [2.75, 3.05) is 6.61 Å². The molecule has 0 saturated carbocycles. The van der Waals surface area contributed by atoms with E-state index in [4.69, 9.17) is 9.47 Å². The van der Waals surface area contributed by atoms with Crippen LogP contribution in [0.5, 0.6) is 11.5 Å². The minimum Gasteiger partial charge on any atom is -0.492 e. The zero-order valence-electron chi connectivity index (χ0n) is 14.4. The van der Waals surface area contributed by atoms with Crippen molar-refractivity contribution < 1.29 is 19.1 Å². The lowest BCUT2D eigenvalue weighted by Crippen LogP contribution is -2.12. The first-order valence-electron chi connectivity index (χ1n) is 8.39. The highest BCUT2D eigenvalue weighted by Gasteiger charge is 2.16. The van der Waals surface area contributed by atoms with Gasteiger partial charge in [0.2, 0.25) is 0 Å². The second kappa shape index (κ2) is 9.14. The van der Waals surface area contributed by atoms with E-state index in [1.165, 1.54) is 0 Å². The van der Waals surface area contributed by atoms with E-state index < -0.39 is 5.97 Å². The van der Waals surface area contributed by atoms with Crippen LogP contribution in [0, 0.1) is 0 Å². The van der Waals surface area contributed by atoms with Crippen LogP contribution in [0.15, 0.2) is 77.3 Å². The van der Waals surface area contributed by atoms with Gasteiger partial charge in [-0.25, -0.2) is 4.79 Å². The van der Waals surface area contributed by atoms with E-state index >= 15 is 0 Å². The number of esters is 1. The molecule has 0 heterocycles. The molecule has 0 aliphatic rings. The predicted molar refractivity (Wildman–Crippen MR) is 107 cm³/mol. The minimum atomic E-state index is -0.523. The molecule has 0 fully saturated rings. The molecule has 3 aromatic rings. The lowest BCUT2D eigenvalue weighted by Gasteiger charge is -2.12.